The molecule has 0 aromatic carbocycles. The molecule has 1 unspecified atom stereocenters. The van der Waals surface area contributed by atoms with Crippen molar-refractivity contribution >= 4 is 0 Å². The molecule has 0 bridgehead atoms. The smallest absolute Gasteiger partial charge is 0.138 e. The summed E-state index contributed by atoms with van der Waals surface area (Å²) in [7, 11) is 0. The summed E-state index contributed by atoms with van der Waals surface area (Å²) in [5.41, 5.74) is 0. The molecule has 1 aliphatic rings. The third kappa shape index (κ3) is 1.24. The first-order chi connectivity index (χ1) is 5.77. The van der Waals surface area contributed by atoms with Crippen LogP contribution in [0.2, 0.25) is 0 Å². The monoisotopic (exact) mass is 165 g/mol. The first-order valence-electron chi connectivity index (χ1n) is 4.64. The zero-order valence-electron chi connectivity index (χ0n) is 7.70. The Hall–Kier alpha value is -0.860. The van der Waals surface area contributed by atoms with E-state index in [1.54, 1.807) is 6.33 Å². The highest BCUT2D eigenvalue weighted by molar-refractivity contribution is 4.91. The minimum atomic E-state index is 0.774. The summed E-state index contributed by atoms with van der Waals surface area (Å²) < 4.78 is 2.03. The lowest BCUT2D eigenvalue weighted by molar-refractivity contribution is 0.288. The molecule has 0 N–H and O–H groups in total. The van der Waals surface area contributed by atoms with Gasteiger partial charge in [0.25, 0.3) is 0 Å². The van der Waals surface area contributed by atoms with Crippen molar-refractivity contribution in [2.45, 2.75) is 33.2 Å². The molecule has 2 rings (SSSR count). The maximum absolute atomic E-state index is 4.24. The fraction of sp³-hybridized carbons (Fsp3) is 0.778. The molecule has 0 saturated heterocycles. The van der Waals surface area contributed by atoms with Crippen LogP contribution in [0.5, 0.6) is 0 Å². The van der Waals surface area contributed by atoms with E-state index in [0.29, 0.717) is 0 Å². The zero-order valence-corrected chi connectivity index (χ0v) is 7.70. The topological polar surface area (TPSA) is 30.7 Å². The summed E-state index contributed by atoms with van der Waals surface area (Å²) in [5, 5.41) is 4.16. The van der Waals surface area contributed by atoms with Crippen LogP contribution in [0, 0.1) is 11.8 Å². The molecule has 3 nitrogen and oxygen atoms in total. The molecule has 66 valence electrons. The van der Waals surface area contributed by atoms with Crippen LogP contribution < -0.4 is 0 Å². The molecule has 2 heterocycles. The Morgan fingerprint density at radius 3 is 3.17 bits per heavy atom. The number of rotatable bonds is 1. The average molecular weight is 165 g/mol. The maximum atomic E-state index is 4.24. The van der Waals surface area contributed by atoms with Gasteiger partial charge in [0.2, 0.25) is 0 Å². The van der Waals surface area contributed by atoms with Crippen molar-refractivity contribution in [3.05, 3.63) is 12.2 Å². The molecule has 3 heteroatoms. The van der Waals surface area contributed by atoms with Crippen LogP contribution in [0.4, 0.5) is 0 Å². The Labute approximate surface area is 72.8 Å². The Kier molecular flexibility index (Phi) is 1.87. The van der Waals surface area contributed by atoms with E-state index in [1.807, 2.05) is 4.68 Å². The summed E-state index contributed by atoms with van der Waals surface area (Å²) in [6, 6.07) is 0. The fourth-order valence-electron chi connectivity index (χ4n) is 1.83. The minimum absolute atomic E-state index is 0.774. The van der Waals surface area contributed by atoms with Gasteiger partial charge in [0.15, 0.2) is 0 Å². The highest BCUT2D eigenvalue weighted by Gasteiger charge is 2.21. The third-order valence-corrected chi connectivity index (χ3v) is 2.79. The number of fused-ring (bicyclic) bond motifs is 1. The van der Waals surface area contributed by atoms with Crippen LogP contribution in [0.25, 0.3) is 0 Å². The largest absolute Gasteiger partial charge is 0.250 e. The van der Waals surface area contributed by atoms with Gasteiger partial charge in [-0.15, -0.1) is 0 Å². The molecule has 1 aromatic heterocycles. The van der Waals surface area contributed by atoms with Crippen molar-refractivity contribution < 1.29 is 0 Å². The van der Waals surface area contributed by atoms with E-state index in [2.05, 4.69) is 23.9 Å². The number of aryl methyl sites for hydroxylation is 1. The molecule has 1 aromatic rings. The van der Waals surface area contributed by atoms with Crippen LogP contribution in [-0.2, 0) is 13.0 Å². The summed E-state index contributed by atoms with van der Waals surface area (Å²) in [4.78, 5) is 4.24. The zero-order chi connectivity index (χ0) is 8.55. The van der Waals surface area contributed by atoms with Crippen LogP contribution in [-0.4, -0.2) is 14.8 Å². The number of aromatic nitrogens is 3. The highest BCUT2D eigenvalue weighted by atomic mass is 15.3. The molecule has 0 saturated carbocycles. The predicted octanol–water partition coefficient (Wildman–Crippen LogP) is 1.50. The SMILES string of the molecule is CC(C)C1CCn2ncnc2C1. The Bertz CT molecular complexity index is 264. The molecular formula is C9H15N3. The normalized spacial score (nSPS) is 22.8. The van der Waals surface area contributed by atoms with Gasteiger partial charge in [-0.3, -0.25) is 4.68 Å². The first kappa shape index (κ1) is 7.77. The molecule has 1 aliphatic heterocycles. The fourth-order valence-corrected chi connectivity index (χ4v) is 1.83. The standard InChI is InChI=1S/C9H15N3/c1-7(2)8-3-4-12-9(5-8)10-6-11-12/h6-8H,3-5H2,1-2H3. The van der Waals surface area contributed by atoms with Crippen molar-refractivity contribution in [3.63, 3.8) is 0 Å². The summed E-state index contributed by atoms with van der Waals surface area (Å²) in [5.74, 6) is 2.75. The number of hydrogen-bond donors (Lipinski definition) is 0. The quantitative estimate of drug-likeness (QED) is 0.631. The van der Waals surface area contributed by atoms with Crippen molar-refractivity contribution in [1.82, 2.24) is 14.8 Å². The third-order valence-electron chi connectivity index (χ3n) is 2.79. The van der Waals surface area contributed by atoms with Crippen LogP contribution >= 0.6 is 0 Å². The Morgan fingerprint density at radius 1 is 1.58 bits per heavy atom. The first-order valence-corrected chi connectivity index (χ1v) is 4.64. The van der Waals surface area contributed by atoms with Crippen molar-refractivity contribution in [2.24, 2.45) is 11.8 Å². The van der Waals surface area contributed by atoms with Gasteiger partial charge in [0.05, 0.1) is 0 Å². The van der Waals surface area contributed by atoms with Gasteiger partial charge < -0.3 is 0 Å². The van der Waals surface area contributed by atoms with E-state index in [9.17, 15) is 0 Å². The van der Waals surface area contributed by atoms with Crippen LogP contribution in [0.1, 0.15) is 26.1 Å². The molecule has 0 spiro atoms. The lowest BCUT2D eigenvalue weighted by Gasteiger charge is -2.24. The lowest BCUT2D eigenvalue weighted by Crippen LogP contribution is -2.23. The highest BCUT2D eigenvalue weighted by Crippen LogP contribution is 2.24. The van der Waals surface area contributed by atoms with Crippen molar-refractivity contribution in [2.75, 3.05) is 0 Å². The Morgan fingerprint density at radius 2 is 2.42 bits per heavy atom. The molecule has 0 aliphatic carbocycles. The molecule has 1 atom stereocenters. The second-order valence-electron chi connectivity index (χ2n) is 3.90. The van der Waals surface area contributed by atoms with E-state index in [4.69, 9.17) is 0 Å². The number of nitrogens with zero attached hydrogens (tertiary/aromatic N) is 3. The molecule has 0 amide bonds. The number of hydrogen-bond acceptors (Lipinski definition) is 2. The van der Waals surface area contributed by atoms with Gasteiger partial charge in [-0.25, -0.2) is 4.98 Å². The van der Waals surface area contributed by atoms with Gasteiger partial charge in [-0.05, 0) is 18.3 Å². The second-order valence-corrected chi connectivity index (χ2v) is 3.90. The maximum Gasteiger partial charge on any atom is 0.138 e. The van der Waals surface area contributed by atoms with Gasteiger partial charge in [-0.1, -0.05) is 13.8 Å². The van der Waals surface area contributed by atoms with E-state index in [-0.39, 0.29) is 0 Å². The predicted molar refractivity (Wildman–Crippen MR) is 46.7 cm³/mol. The van der Waals surface area contributed by atoms with Crippen molar-refractivity contribution in [3.8, 4) is 0 Å². The average Bonchev–Trinajstić information content (AvgIpc) is 2.49. The molecular weight excluding hydrogens is 150 g/mol. The van der Waals surface area contributed by atoms with E-state index < -0.39 is 0 Å². The molecule has 12 heavy (non-hydrogen) atoms. The van der Waals surface area contributed by atoms with Gasteiger partial charge >= 0.3 is 0 Å². The van der Waals surface area contributed by atoms with E-state index in [0.717, 1.165) is 24.8 Å². The van der Waals surface area contributed by atoms with Gasteiger partial charge in [0.1, 0.15) is 12.2 Å². The molecule has 0 fully saturated rings. The molecule has 0 radical (unpaired) electrons. The van der Waals surface area contributed by atoms with Crippen LogP contribution in [0.3, 0.4) is 0 Å². The summed E-state index contributed by atoms with van der Waals surface area (Å²) in [6.07, 6.45) is 4.03. The van der Waals surface area contributed by atoms with Gasteiger partial charge in [-0.2, -0.15) is 5.10 Å². The van der Waals surface area contributed by atoms with E-state index in [1.165, 1.54) is 12.2 Å². The summed E-state index contributed by atoms with van der Waals surface area (Å²) in [6.45, 7) is 5.63. The lowest BCUT2D eigenvalue weighted by atomic mass is 9.87. The minimum Gasteiger partial charge on any atom is -0.250 e. The van der Waals surface area contributed by atoms with Crippen molar-refractivity contribution in [1.29, 1.82) is 0 Å². The Balaban J connectivity index is 2.15. The van der Waals surface area contributed by atoms with E-state index >= 15 is 0 Å². The second kappa shape index (κ2) is 2.88. The van der Waals surface area contributed by atoms with Gasteiger partial charge in [0, 0.05) is 13.0 Å². The summed E-state index contributed by atoms with van der Waals surface area (Å²) >= 11 is 0. The van der Waals surface area contributed by atoms with Crippen LogP contribution in [0.15, 0.2) is 6.33 Å².